The third kappa shape index (κ3) is 3.16. The van der Waals surface area contributed by atoms with Crippen LogP contribution < -0.4 is 5.32 Å². The number of nitrogens with zero attached hydrogens (tertiary/aromatic N) is 4. The minimum atomic E-state index is -1.15. The van der Waals surface area contributed by atoms with E-state index in [9.17, 15) is 13.6 Å². The Morgan fingerprint density at radius 1 is 1.17 bits per heavy atom. The first kappa shape index (κ1) is 15.0. The van der Waals surface area contributed by atoms with E-state index in [0.29, 0.717) is 11.4 Å². The van der Waals surface area contributed by atoms with Gasteiger partial charge in [-0.15, -0.1) is 5.10 Å². The van der Waals surface area contributed by atoms with Crippen LogP contribution in [-0.2, 0) is 0 Å². The summed E-state index contributed by atoms with van der Waals surface area (Å²) in [4.78, 5) is 12.2. The van der Waals surface area contributed by atoms with Crippen LogP contribution in [0.5, 0.6) is 0 Å². The molecule has 1 heterocycles. The van der Waals surface area contributed by atoms with Crippen LogP contribution in [0, 0.1) is 11.6 Å². The number of carbonyl (C=O) groups is 1. The van der Waals surface area contributed by atoms with Gasteiger partial charge in [-0.2, -0.15) is 0 Å². The molecule has 0 atom stereocenters. The van der Waals surface area contributed by atoms with E-state index in [1.807, 2.05) is 0 Å². The molecule has 0 saturated heterocycles. The Labute approximate surface area is 133 Å². The first-order valence-corrected chi connectivity index (χ1v) is 6.72. The molecule has 1 amide bonds. The van der Waals surface area contributed by atoms with Crippen molar-refractivity contribution < 1.29 is 13.6 Å². The lowest BCUT2D eigenvalue weighted by atomic mass is 10.2. The van der Waals surface area contributed by atoms with E-state index < -0.39 is 17.5 Å². The third-order valence-electron chi connectivity index (χ3n) is 2.97. The first-order valence-electron chi connectivity index (χ1n) is 6.34. The normalized spacial score (nSPS) is 10.6. The van der Waals surface area contributed by atoms with Crippen molar-refractivity contribution >= 4 is 23.2 Å². The molecular formula is C14H8ClF2N5O. The number of benzene rings is 2. The van der Waals surface area contributed by atoms with Gasteiger partial charge in [0.15, 0.2) is 11.6 Å². The Hall–Kier alpha value is -2.87. The summed E-state index contributed by atoms with van der Waals surface area (Å²) >= 11 is 5.78. The summed E-state index contributed by atoms with van der Waals surface area (Å²) in [6.07, 6.45) is 1.40. The molecule has 0 radical (unpaired) electrons. The van der Waals surface area contributed by atoms with E-state index in [2.05, 4.69) is 20.8 Å². The molecular weight excluding hydrogens is 328 g/mol. The minimum absolute atomic E-state index is 0.168. The molecule has 0 fully saturated rings. The van der Waals surface area contributed by atoms with Crippen molar-refractivity contribution in [3.05, 3.63) is 64.9 Å². The van der Waals surface area contributed by atoms with E-state index in [0.717, 1.165) is 12.1 Å². The van der Waals surface area contributed by atoms with Gasteiger partial charge in [0, 0.05) is 5.69 Å². The van der Waals surface area contributed by atoms with Crippen molar-refractivity contribution in [3.8, 4) is 5.69 Å². The van der Waals surface area contributed by atoms with Crippen molar-refractivity contribution in [1.29, 1.82) is 0 Å². The molecule has 0 aliphatic heterocycles. The van der Waals surface area contributed by atoms with Gasteiger partial charge in [-0.05, 0) is 40.8 Å². The largest absolute Gasteiger partial charge is 0.322 e. The van der Waals surface area contributed by atoms with Gasteiger partial charge in [-0.25, -0.2) is 13.5 Å². The first-order chi connectivity index (χ1) is 11.0. The number of amides is 1. The van der Waals surface area contributed by atoms with Gasteiger partial charge in [-0.1, -0.05) is 17.7 Å². The molecule has 0 unspecified atom stereocenters. The molecule has 2 aromatic carbocycles. The van der Waals surface area contributed by atoms with Crippen LogP contribution in [0.1, 0.15) is 10.4 Å². The van der Waals surface area contributed by atoms with E-state index in [-0.39, 0.29) is 10.6 Å². The number of nitrogens with one attached hydrogen (secondary N) is 1. The standard InChI is InChI=1S/C14H8ClF2N5O/c15-11-6-13(17)12(16)5-10(11)14(23)19-8-2-1-3-9(4-8)22-7-18-20-21-22/h1-7H,(H,19,23). The highest BCUT2D eigenvalue weighted by Crippen LogP contribution is 2.22. The highest BCUT2D eigenvalue weighted by molar-refractivity contribution is 6.34. The lowest BCUT2D eigenvalue weighted by molar-refractivity contribution is 0.102. The SMILES string of the molecule is O=C(Nc1cccc(-n2cnnn2)c1)c1cc(F)c(F)cc1Cl. The van der Waals surface area contributed by atoms with Crippen LogP contribution in [0.4, 0.5) is 14.5 Å². The molecule has 9 heteroatoms. The fourth-order valence-corrected chi connectivity index (χ4v) is 2.14. The topological polar surface area (TPSA) is 72.7 Å². The molecule has 0 spiro atoms. The van der Waals surface area contributed by atoms with Gasteiger partial charge in [0.05, 0.1) is 16.3 Å². The number of hydrogen-bond donors (Lipinski definition) is 1. The predicted octanol–water partition coefficient (Wildman–Crippen LogP) is 2.85. The quantitative estimate of drug-likeness (QED) is 0.747. The van der Waals surface area contributed by atoms with E-state index in [4.69, 9.17) is 11.6 Å². The number of aromatic nitrogens is 4. The fourth-order valence-electron chi connectivity index (χ4n) is 1.90. The number of anilines is 1. The molecule has 1 aromatic heterocycles. The van der Waals surface area contributed by atoms with Crippen LogP contribution in [0.3, 0.4) is 0 Å². The zero-order valence-corrected chi connectivity index (χ0v) is 12.1. The molecule has 3 rings (SSSR count). The molecule has 3 aromatic rings. The average Bonchev–Trinajstić information content (AvgIpc) is 3.05. The van der Waals surface area contributed by atoms with Crippen molar-refractivity contribution in [2.75, 3.05) is 5.32 Å². The number of halogens is 3. The maximum Gasteiger partial charge on any atom is 0.257 e. The Morgan fingerprint density at radius 3 is 2.70 bits per heavy atom. The summed E-state index contributed by atoms with van der Waals surface area (Å²) in [7, 11) is 0. The summed E-state index contributed by atoms with van der Waals surface area (Å²) in [6, 6.07) is 8.15. The second kappa shape index (κ2) is 6.09. The second-order valence-corrected chi connectivity index (χ2v) is 4.91. The Kier molecular flexibility index (Phi) is 3.98. The highest BCUT2D eigenvalue weighted by atomic mass is 35.5. The van der Waals surface area contributed by atoms with Crippen molar-refractivity contribution in [2.45, 2.75) is 0 Å². The smallest absolute Gasteiger partial charge is 0.257 e. The molecule has 23 heavy (non-hydrogen) atoms. The molecule has 6 nitrogen and oxygen atoms in total. The van der Waals surface area contributed by atoms with Crippen LogP contribution in [0.15, 0.2) is 42.7 Å². The molecule has 1 N–H and O–H groups in total. The van der Waals surface area contributed by atoms with Crippen LogP contribution in [0.2, 0.25) is 5.02 Å². The zero-order valence-electron chi connectivity index (χ0n) is 11.4. The van der Waals surface area contributed by atoms with Crippen LogP contribution in [0.25, 0.3) is 5.69 Å². The van der Waals surface area contributed by atoms with Gasteiger partial charge in [0.2, 0.25) is 0 Å². The molecule has 116 valence electrons. The lowest BCUT2D eigenvalue weighted by Crippen LogP contribution is -2.13. The Bertz CT molecular complexity index is 870. The van der Waals surface area contributed by atoms with Crippen molar-refractivity contribution in [1.82, 2.24) is 20.2 Å². The predicted molar refractivity (Wildman–Crippen MR) is 78.5 cm³/mol. The van der Waals surface area contributed by atoms with Gasteiger partial charge >= 0.3 is 0 Å². The zero-order chi connectivity index (χ0) is 16.4. The number of tetrazole rings is 1. The Balaban J connectivity index is 1.86. The van der Waals surface area contributed by atoms with E-state index in [1.165, 1.54) is 11.0 Å². The summed E-state index contributed by atoms with van der Waals surface area (Å²) in [5.74, 6) is -2.93. The van der Waals surface area contributed by atoms with E-state index in [1.54, 1.807) is 24.3 Å². The highest BCUT2D eigenvalue weighted by Gasteiger charge is 2.15. The van der Waals surface area contributed by atoms with Gasteiger partial charge in [0.25, 0.3) is 5.91 Å². The maximum atomic E-state index is 13.3. The van der Waals surface area contributed by atoms with Gasteiger partial charge in [0.1, 0.15) is 6.33 Å². The third-order valence-corrected chi connectivity index (χ3v) is 3.28. The molecule has 0 bridgehead atoms. The summed E-state index contributed by atoms with van der Waals surface area (Å²) in [5.41, 5.74) is 0.867. The summed E-state index contributed by atoms with van der Waals surface area (Å²) in [6.45, 7) is 0. The average molecular weight is 336 g/mol. The molecule has 0 saturated carbocycles. The van der Waals surface area contributed by atoms with Crippen LogP contribution >= 0.6 is 11.6 Å². The molecule has 0 aliphatic rings. The van der Waals surface area contributed by atoms with E-state index >= 15 is 0 Å². The van der Waals surface area contributed by atoms with Crippen LogP contribution in [-0.4, -0.2) is 26.1 Å². The number of hydrogen-bond acceptors (Lipinski definition) is 4. The number of carbonyl (C=O) groups excluding carboxylic acids is 1. The van der Waals surface area contributed by atoms with Crippen molar-refractivity contribution in [2.24, 2.45) is 0 Å². The maximum absolute atomic E-state index is 13.3. The number of rotatable bonds is 3. The molecule has 0 aliphatic carbocycles. The summed E-state index contributed by atoms with van der Waals surface area (Å²) in [5, 5.41) is 13.1. The fraction of sp³-hybridized carbons (Fsp3) is 0. The summed E-state index contributed by atoms with van der Waals surface area (Å²) < 4.78 is 27.7. The lowest BCUT2D eigenvalue weighted by Gasteiger charge is -2.08. The monoisotopic (exact) mass is 335 g/mol. The minimum Gasteiger partial charge on any atom is -0.322 e. The van der Waals surface area contributed by atoms with Gasteiger partial charge in [-0.3, -0.25) is 4.79 Å². The Morgan fingerprint density at radius 2 is 1.96 bits per heavy atom. The van der Waals surface area contributed by atoms with Gasteiger partial charge < -0.3 is 5.32 Å². The second-order valence-electron chi connectivity index (χ2n) is 4.51. The van der Waals surface area contributed by atoms with Crippen molar-refractivity contribution in [3.63, 3.8) is 0 Å².